The molecule has 1 atom stereocenters. The van der Waals surface area contributed by atoms with Gasteiger partial charge in [-0.25, -0.2) is 0 Å². The van der Waals surface area contributed by atoms with Crippen molar-refractivity contribution < 1.29 is 18.8 Å². The molecule has 6 heteroatoms. The van der Waals surface area contributed by atoms with Gasteiger partial charge in [0.2, 0.25) is 0 Å². The van der Waals surface area contributed by atoms with Gasteiger partial charge in [0.25, 0.3) is 5.89 Å². The lowest BCUT2D eigenvalue weighted by molar-refractivity contribution is 0.101. The zero-order valence-electron chi connectivity index (χ0n) is 11.7. The molecule has 0 radical (unpaired) electrons. The fraction of sp³-hybridized carbons (Fsp3) is 0.400. The molecule has 0 saturated carbocycles. The molecule has 2 heterocycles. The Morgan fingerprint density at radius 1 is 1.38 bits per heavy atom. The number of ketones is 1. The van der Waals surface area contributed by atoms with E-state index >= 15 is 0 Å². The molecule has 1 saturated heterocycles. The van der Waals surface area contributed by atoms with E-state index in [1.807, 2.05) is 0 Å². The zero-order chi connectivity index (χ0) is 14.7. The van der Waals surface area contributed by atoms with Crippen LogP contribution in [0.5, 0.6) is 5.75 Å². The van der Waals surface area contributed by atoms with Crippen LogP contribution in [0.25, 0.3) is 0 Å². The highest BCUT2D eigenvalue weighted by Crippen LogP contribution is 2.22. The zero-order valence-corrected chi connectivity index (χ0v) is 11.7. The maximum atomic E-state index is 11.2. The van der Waals surface area contributed by atoms with Crippen molar-refractivity contribution in [3.8, 4) is 5.75 Å². The Kier molecular flexibility index (Phi) is 3.96. The molecule has 6 nitrogen and oxygen atoms in total. The summed E-state index contributed by atoms with van der Waals surface area (Å²) in [5.41, 5.74) is 0.656. The fourth-order valence-corrected chi connectivity index (χ4v) is 2.16. The predicted octanol–water partition coefficient (Wildman–Crippen LogP) is 2.36. The molecule has 1 aliphatic heterocycles. The Morgan fingerprint density at radius 2 is 2.19 bits per heavy atom. The van der Waals surface area contributed by atoms with Gasteiger partial charge >= 0.3 is 0 Å². The first-order valence-electron chi connectivity index (χ1n) is 6.86. The summed E-state index contributed by atoms with van der Waals surface area (Å²) in [7, 11) is 0. The summed E-state index contributed by atoms with van der Waals surface area (Å²) in [5, 5.41) is 3.96. The van der Waals surface area contributed by atoms with E-state index in [4.69, 9.17) is 14.0 Å². The summed E-state index contributed by atoms with van der Waals surface area (Å²) in [6.07, 6.45) is 0.923. The van der Waals surface area contributed by atoms with E-state index in [0.29, 0.717) is 29.6 Å². The molecule has 0 N–H and O–H groups in total. The van der Waals surface area contributed by atoms with Crippen LogP contribution in [0, 0.1) is 0 Å². The quantitative estimate of drug-likeness (QED) is 0.786. The third-order valence-electron chi connectivity index (χ3n) is 3.40. The molecule has 1 aliphatic rings. The molecular formula is C15H16N2O4. The minimum atomic E-state index is 0.0295. The Hall–Kier alpha value is -2.21. The van der Waals surface area contributed by atoms with Crippen molar-refractivity contribution in [3.63, 3.8) is 0 Å². The third-order valence-corrected chi connectivity index (χ3v) is 3.40. The lowest BCUT2D eigenvalue weighted by Gasteiger charge is -2.03. The number of rotatable bonds is 5. The smallest absolute Gasteiger partial charge is 0.264 e. The van der Waals surface area contributed by atoms with Gasteiger partial charge in [0.15, 0.2) is 18.2 Å². The van der Waals surface area contributed by atoms with Gasteiger partial charge in [-0.15, -0.1) is 0 Å². The SMILES string of the molecule is CC(=O)c1ccc(OCc2nc([C@@H]3CCOC3)no2)cc1. The van der Waals surface area contributed by atoms with Gasteiger partial charge in [0.1, 0.15) is 5.75 Å². The van der Waals surface area contributed by atoms with E-state index in [9.17, 15) is 4.79 Å². The number of benzene rings is 1. The number of hydrogen-bond acceptors (Lipinski definition) is 6. The van der Waals surface area contributed by atoms with Crippen LogP contribution in [-0.4, -0.2) is 29.1 Å². The topological polar surface area (TPSA) is 74.5 Å². The maximum Gasteiger partial charge on any atom is 0.264 e. The number of carbonyl (C=O) groups is 1. The molecule has 2 aromatic rings. The summed E-state index contributed by atoms with van der Waals surface area (Å²) in [6.45, 7) is 3.13. The summed E-state index contributed by atoms with van der Waals surface area (Å²) in [4.78, 5) is 15.5. The lowest BCUT2D eigenvalue weighted by atomic mass is 10.1. The normalized spacial score (nSPS) is 17.9. The van der Waals surface area contributed by atoms with Crippen LogP contribution in [0.2, 0.25) is 0 Å². The number of hydrogen-bond donors (Lipinski definition) is 0. The Bertz CT molecular complexity index is 615. The largest absolute Gasteiger partial charge is 0.484 e. The molecule has 21 heavy (non-hydrogen) atoms. The third kappa shape index (κ3) is 3.28. The van der Waals surface area contributed by atoms with Gasteiger partial charge in [0, 0.05) is 18.1 Å². The van der Waals surface area contributed by atoms with Crippen molar-refractivity contribution in [2.45, 2.75) is 25.9 Å². The molecule has 1 aromatic heterocycles. The fourth-order valence-electron chi connectivity index (χ4n) is 2.16. The van der Waals surface area contributed by atoms with Gasteiger partial charge in [-0.3, -0.25) is 4.79 Å². The number of Topliss-reactive ketones (excluding diaryl/α,β-unsaturated/α-hetero) is 1. The standard InChI is InChI=1S/C15H16N2O4/c1-10(18)11-2-4-13(5-3-11)20-9-14-16-15(17-21-14)12-6-7-19-8-12/h2-5,12H,6-9H2,1H3/t12-/m1/s1. The van der Waals surface area contributed by atoms with Crippen LogP contribution in [0.1, 0.15) is 41.3 Å². The molecule has 0 bridgehead atoms. The number of nitrogens with zero attached hydrogens (tertiary/aromatic N) is 2. The molecule has 0 aliphatic carbocycles. The van der Waals surface area contributed by atoms with Gasteiger partial charge in [-0.1, -0.05) is 5.16 Å². The summed E-state index contributed by atoms with van der Waals surface area (Å²) < 4.78 is 16.0. The molecular weight excluding hydrogens is 272 g/mol. The van der Waals surface area contributed by atoms with Crippen LogP contribution < -0.4 is 4.74 Å². The van der Waals surface area contributed by atoms with Gasteiger partial charge in [-0.05, 0) is 37.6 Å². The van der Waals surface area contributed by atoms with Crippen LogP contribution in [0.15, 0.2) is 28.8 Å². The number of carbonyl (C=O) groups excluding carboxylic acids is 1. The van der Waals surface area contributed by atoms with Crippen LogP contribution >= 0.6 is 0 Å². The highest BCUT2D eigenvalue weighted by molar-refractivity contribution is 5.94. The van der Waals surface area contributed by atoms with Crippen molar-refractivity contribution in [1.29, 1.82) is 0 Å². The average molecular weight is 288 g/mol. The second kappa shape index (κ2) is 6.05. The van der Waals surface area contributed by atoms with Crippen molar-refractivity contribution in [2.75, 3.05) is 13.2 Å². The second-order valence-electron chi connectivity index (χ2n) is 4.98. The highest BCUT2D eigenvalue weighted by atomic mass is 16.5. The van der Waals surface area contributed by atoms with E-state index in [2.05, 4.69) is 10.1 Å². The number of aromatic nitrogens is 2. The van der Waals surface area contributed by atoms with Gasteiger partial charge < -0.3 is 14.0 Å². The predicted molar refractivity (Wildman–Crippen MR) is 73.3 cm³/mol. The van der Waals surface area contributed by atoms with Gasteiger partial charge in [0.05, 0.1) is 6.61 Å². The minimum absolute atomic E-state index is 0.0295. The molecule has 0 amide bonds. The molecule has 0 spiro atoms. The Morgan fingerprint density at radius 3 is 2.86 bits per heavy atom. The molecule has 0 unspecified atom stereocenters. The molecule has 1 fully saturated rings. The molecule has 1 aromatic carbocycles. The molecule has 3 rings (SSSR count). The summed E-state index contributed by atoms with van der Waals surface area (Å²) >= 11 is 0. The second-order valence-corrected chi connectivity index (χ2v) is 4.98. The first-order valence-corrected chi connectivity index (χ1v) is 6.86. The highest BCUT2D eigenvalue weighted by Gasteiger charge is 2.23. The van der Waals surface area contributed by atoms with Gasteiger partial charge in [-0.2, -0.15) is 4.98 Å². The van der Waals surface area contributed by atoms with E-state index < -0.39 is 0 Å². The summed E-state index contributed by atoms with van der Waals surface area (Å²) in [6, 6.07) is 6.96. The summed E-state index contributed by atoms with van der Waals surface area (Å²) in [5.74, 6) is 2.02. The van der Waals surface area contributed by atoms with Crippen LogP contribution in [0.3, 0.4) is 0 Å². The van der Waals surface area contributed by atoms with Crippen molar-refractivity contribution in [3.05, 3.63) is 41.5 Å². The van der Waals surface area contributed by atoms with E-state index in [-0.39, 0.29) is 18.3 Å². The van der Waals surface area contributed by atoms with Crippen molar-refractivity contribution in [2.24, 2.45) is 0 Å². The lowest BCUT2D eigenvalue weighted by Crippen LogP contribution is -2.01. The Labute approximate surface area is 122 Å². The maximum absolute atomic E-state index is 11.2. The van der Waals surface area contributed by atoms with E-state index in [1.54, 1.807) is 24.3 Å². The van der Waals surface area contributed by atoms with Crippen molar-refractivity contribution >= 4 is 5.78 Å². The monoisotopic (exact) mass is 288 g/mol. The van der Waals surface area contributed by atoms with Crippen molar-refractivity contribution in [1.82, 2.24) is 10.1 Å². The van der Waals surface area contributed by atoms with E-state index in [1.165, 1.54) is 6.92 Å². The van der Waals surface area contributed by atoms with Crippen LogP contribution in [0.4, 0.5) is 0 Å². The van der Waals surface area contributed by atoms with Crippen LogP contribution in [-0.2, 0) is 11.3 Å². The van der Waals surface area contributed by atoms with E-state index in [0.717, 1.165) is 13.0 Å². The minimum Gasteiger partial charge on any atom is -0.484 e. The average Bonchev–Trinajstić information content (AvgIpc) is 3.16. The molecule has 110 valence electrons. The first-order chi connectivity index (χ1) is 10.2. The first kappa shape index (κ1) is 13.8. The Balaban J connectivity index is 1.58. The number of ether oxygens (including phenoxy) is 2.